The molecule has 6 aromatic carbocycles. The van der Waals surface area contributed by atoms with Crippen LogP contribution < -0.4 is 10.1 Å². The Morgan fingerprint density at radius 2 is 1.23 bits per heavy atom. The molecule has 7 atom stereocenters. The van der Waals surface area contributed by atoms with Crippen LogP contribution in [-0.4, -0.2) is 74.0 Å². The molecule has 0 aliphatic carbocycles. The van der Waals surface area contributed by atoms with Gasteiger partial charge in [-0.1, -0.05) is 157 Å². The van der Waals surface area contributed by atoms with Gasteiger partial charge in [0.15, 0.2) is 0 Å². The third-order valence-electron chi connectivity index (χ3n) is 12.0. The first-order valence-corrected chi connectivity index (χ1v) is 24.3. The lowest BCUT2D eigenvalue weighted by molar-refractivity contribution is -0.273. The lowest BCUT2D eigenvalue weighted by Crippen LogP contribution is -2.58. The minimum absolute atomic E-state index is 0.0466. The predicted molar refractivity (Wildman–Crippen MR) is 267 cm³/mol. The van der Waals surface area contributed by atoms with Crippen LogP contribution in [0.5, 0.6) is 5.75 Å². The Hall–Kier alpha value is -6.05. The monoisotopic (exact) mass is 967 g/mol. The van der Waals surface area contributed by atoms with Gasteiger partial charge in [0.2, 0.25) is 0 Å². The first-order valence-electron chi connectivity index (χ1n) is 24.0. The number of esters is 1. The van der Waals surface area contributed by atoms with Gasteiger partial charge in [-0.05, 0) is 84.3 Å². The maximum atomic E-state index is 14.3. The standard InChI is InChI=1S/C58H62ClNO10/c1-58(2,3)70-57(62)60-50(33-40-16-8-4-9-17-40)56(61)67-39-51-53(64-35-42-18-10-5-11-19-42)55(66-37-44-22-14-7-15-23-44)54(65-36-43-20-12-6-13-21-43)52(69-51)45-26-29-49(59)46(34-45)32-41-24-27-47(28-25-41)68-48-30-31-63-38-48/h4-29,34,48,50-55H,30-33,35-39H2,1-3H3,(H,60,62)/t48-,50+,51-,52+,53-,54+,55+/m1/s1. The predicted octanol–water partition coefficient (Wildman–Crippen LogP) is 11.0. The van der Waals surface area contributed by atoms with Gasteiger partial charge in [-0.2, -0.15) is 0 Å². The smallest absolute Gasteiger partial charge is 0.408 e. The largest absolute Gasteiger partial charge is 0.488 e. The van der Waals surface area contributed by atoms with E-state index in [1.165, 1.54) is 0 Å². The Bertz CT molecular complexity index is 2540. The molecule has 0 saturated carbocycles. The zero-order chi connectivity index (χ0) is 48.7. The average molecular weight is 969 g/mol. The van der Waals surface area contributed by atoms with E-state index in [4.69, 9.17) is 49.5 Å². The number of carbonyl (C=O) groups excluding carboxylic acids is 2. The summed E-state index contributed by atoms with van der Waals surface area (Å²) in [6.07, 6.45) is -3.08. The summed E-state index contributed by atoms with van der Waals surface area (Å²) in [5.41, 5.74) is 5.60. The zero-order valence-corrected chi connectivity index (χ0v) is 40.7. The highest BCUT2D eigenvalue weighted by Gasteiger charge is 2.49. The van der Waals surface area contributed by atoms with Gasteiger partial charge in [-0.15, -0.1) is 0 Å². The number of halogens is 1. The van der Waals surface area contributed by atoms with E-state index in [0.29, 0.717) is 24.7 Å². The van der Waals surface area contributed by atoms with Gasteiger partial charge in [0.1, 0.15) is 60.6 Å². The first-order chi connectivity index (χ1) is 34.0. The maximum absolute atomic E-state index is 14.3. The summed E-state index contributed by atoms with van der Waals surface area (Å²) in [5.74, 6) is 0.125. The lowest BCUT2D eigenvalue weighted by atomic mass is 9.89. The Labute approximate surface area is 416 Å². The second-order valence-corrected chi connectivity index (χ2v) is 19.1. The fourth-order valence-corrected chi connectivity index (χ4v) is 8.74. The van der Waals surface area contributed by atoms with Crippen molar-refractivity contribution in [2.45, 2.75) is 108 Å². The second kappa shape index (κ2) is 24.7. The summed E-state index contributed by atoms with van der Waals surface area (Å²) in [5, 5.41) is 3.36. The summed E-state index contributed by atoms with van der Waals surface area (Å²) in [4.78, 5) is 27.5. The molecular formula is C58H62ClNO10. The van der Waals surface area contributed by atoms with E-state index in [2.05, 4.69) is 11.4 Å². The third kappa shape index (κ3) is 14.7. The fourth-order valence-electron chi connectivity index (χ4n) is 8.56. The number of alkyl carbamates (subject to hydrolysis) is 1. The molecule has 0 bridgehead atoms. The van der Waals surface area contributed by atoms with Crippen LogP contribution >= 0.6 is 11.6 Å². The number of hydrogen-bond acceptors (Lipinski definition) is 10. The maximum Gasteiger partial charge on any atom is 0.408 e. The van der Waals surface area contributed by atoms with Crippen molar-refractivity contribution in [1.29, 1.82) is 0 Å². The highest BCUT2D eigenvalue weighted by atomic mass is 35.5. The molecule has 2 aliphatic rings. The van der Waals surface area contributed by atoms with Crippen LogP contribution in [0.25, 0.3) is 0 Å². The van der Waals surface area contributed by atoms with Crippen molar-refractivity contribution in [1.82, 2.24) is 5.32 Å². The molecular weight excluding hydrogens is 906 g/mol. The van der Waals surface area contributed by atoms with Crippen molar-refractivity contribution in [3.63, 3.8) is 0 Å². The number of carbonyl (C=O) groups is 2. The van der Waals surface area contributed by atoms with Gasteiger partial charge < -0.3 is 43.2 Å². The van der Waals surface area contributed by atoms with E-state index >= 15 is 0 Å². The number of benzene rings is 6. The molecule has 2 fully saturated rings. The van der Waals surface area contributed by atoms with Crippen LogP contribution in [0.15, 0.2) is 164 Å². The van der Waals surface area contributed by atoms with Crippen molar-refractivity contribution >= 4 is 23.7 Å². The number of hydrogen-bond donors (Lipinski definition) is 1. The fraction of sp³-hybridized carbons (Fsp3) is 0.345. The summed E-state index contributed by atoms with van der Waals surface area (Å²) in [6, 6.07) is 52.0. The molecule has 0 spiro atoms. The van der Waals surface area contributed by atoms with Crippen LogP contribution in [0.4, 0.5) is 4.79 Å². The van der Waals surface area contributed by atoms with E-state index in [9.17, 15) is 9.59 Å². The number of ether oxygens (including phenoxy) is 8. The Morgan fingerprint density at radius 1 is 0.671 bits per heavy atom. The number of amides is 1. The molecule has 70 heavy (non-hydrogen) atoms. The normalized spacial score (nSPS) is 20.6. The number of rotatable bonds is 20. The highest BCUT2D eigenvalue weighted by molar-refractivity contribution is 6.31. The molecule has 1 N–H and O–H groups in total. The molecule has 2 saturated heterocycles. The van der Waals surface area contributed by atoms with Gasteiger partial charge in [-0.25, -0.2) is 9.59 Å². The summed E-state index contributed by atoms with van der Waals surface area (Å²) >= 11 is 7.00. The first kappa shape index (κ1) is 50.3. The SMILES string of the molecule is CC(C)(C)OC(=O)N[C@@H](Cc1ccccc1)C(=O)OC[C@H]1O[C@@H](c2ccc(Cl)c(Cc3ccc(O[C@@H]4CCOC4)cc3)c2)[C@H](OCc2ccccc2)[C@@H](OCc2ccccc2)[C@@H]1OCc1ccccc1. The topological polar surface area (TPSA) is 120 Å². The molecule has 8 rings (SSSR count). The highest BCUT2D eigenvalue weighted by Crippen LogP contribution is 2.40. The van der Waals surface area contributed by atoms with Gasteiger partial charge in [-0.3, -0.25) is 0 Å². The number of nitrogens with one attached hydrogen (secondary N) is 1. The van der Waals surface area contributed by atoms with Crippen LogP contribution in [0.1, 0.15) is 72.2 Å². The molecule has 6 aromatic rings. The summed E-state index contributed by atoms with van der Waals surface area (Å²) in [7, 11) is 0. The van der Waals surface area contributed by atoms with Crippen LogP contribution in [0, 0.1) is 0 Å². The summed E-state index contributed by atoms with van der Waals surface area (Å²) in [6.45, 7) is 7.04. The van der Waals surface area contributed by atoms with E-state index < -0.39 is 54.2 Å². The van der Waals surface area contributed by atoms with E-state index in [-0.39, 0.29) is 39.0 Å². The van der Waals surface area contributed by atoms with Crippen molar-refractivity contribution in [3.8, 4) is 5.75 Å². The molecule has 11 nitrogen and oxygen atoms in total. The van der Waals surface area contributed by atoms with Crippen molar-refractivity contribution in [3.05, 3.63) is 208 Å². The third-order valence-corrected chi connectivity index (χ3v) is 12.4. The molecule has 2 aliphatic heterocycles. The Morgan fingerprint density at radius 3 is 1.79 bits per heavy atom. The minimum Gasteiger partial charge on any atom is -0.488 e. The molecule has 0 radical (unpaired) electrons. The van der Waals surface area contributed by atoms with Gasteiger partial charge >= 0.3 is 12.1 Å². The van der Waals surface area contributed by atoms with Gasteiger partial charge in [0.25, 0.3) is 0 Å². The van der Waals surface area contributed by atoms with E-state index in [0.717, 1.165) is 51.1 Å². The second-order valence-electron chi connectivity index (χ2n) is 18.7. The van der Waals surface area contributed by atoms with E-state index in [1.807, 2.05) is 158 Å². The Kier molecular flexibility index (Phi) is 17.7. The van der Waals surface area contributed by atoms with Gasteiger partial charge in [0, 0.05) is 17.9 Å². The molecule has 0 aromatic heterocycles. The average Bonchev–Trinajstić information content (AvgIpc) is 3.89. The molecule has 12 heteroatoms. The lowest BCUT2D eigenvalue weighted by Gasteiger charge is -2.46. The van der Waals surface area contributed by atoms with Crippen molar-refractivity contribution in [2.24, 2.45) is 0 Å². The quantitative estimate of drug-likeness (QED) is 0.0741. The zero-order valence-electron chi connectivity index (χ0n) is 40.0. The van der Waals surface area contributed by atoms with Gasteiger partial charge in [0.05, 0.1) is 33.0 Å². The Balaban J connectivity index is 1.14. The van der Waals surface area contributed by atoms with Crippen molar-refractivity contribution in [2.75, 3.05) is 19.8 Å². The molecule has 0 unspecified atom stereocenters. The molecule has 1 amide bonds. The van der Waals surface area contributed by atoms with Crippen LogP contribution in [0.2, 0.25) is 5.02 Å². The summed E-state index contributed by atoms with van der Waals surface area (Å²) < 4.78 is 51.5. The molecule has 366 valence electrons. The molecule has 2 heterocycles. The minimum atomic E-state index is -1.08. The van der Waals surface area contributed by atoms with Crippen LogP contribution in [-0.2, 0) is 70.6 Å². The van der Waals surface area contributed by atoms with E-state index in [1.54, 1.807) is 20.8 Å². The van der Waals surface area contributed by atoms with Crippen molar-refractivity contribution < 1.29 is 47.5 Å². The van der Waals surface area contributed by atoms with Crippen LogP contribution in [0.3, 0.4) is 0 Å².